The quantitative estimate of drug-likeness (QED) is 0.657. The maximum absolute atomic E-state index is 12.8. The number of imidazole rings is 2. The van der Waals surface area contributed by atoms with Crippen molar-refractivity contribution in [3.05, 3.63) is 72.3 Å². The first-order chi connectivity index (χ1) is 10.7. The Kier molecular flexibility index (Phi) is 4.34. The minimum atomic E-state index is -0.204. The van der Waals surface area contributed by atoms with Gasteiger partial charge in [0, 0.05) is 48.5 Å². The molecule has 2 aromatic heterocycles. The highest BCUT2D eigenvalue weighted by atomic mass is 35.5. The van der Waals surface area contributed by atoms with Crippen LogP contribution in [0.1, 0.15) is 10.4 Å². The van der Waals surface area contributed by atoms with Crippen LogP contribution in [0.15, 0.2) is 61.7 Å². The highest BCUT2D eigenvalue weighted by molar-refractivity contribution is 6.30. The number of carbonyl (C=O) groups excluding carboxylic acids is 1. The number of ketones is 1. The van der Waals surface area contributed by atoms with Crippen LogP contribution in [-0.4, -0.2) is 24.9 Å². The van der Waals surface area contributed by atoms with Gasteiger partial charge in [0.15, 0.2) is 5.78 Å². The predicted octanol–water partition coefficient (Wildman–Crippen LogP) is 2.93. The smallest absolute Gasteiger partial charge is 0.169 e. The third kappa shape index (κ3) is 3.43. The van der Waals surface area contributed by atoms with Crippen molar-refractivity contribution in [1.29, 1.82) is 0 Å². The summed E-state index contributed by atoms with van der Waals surface area (Å²) in [5, 5.41) is 0.623. The van der Waals surface area contributed by atoms with Crippen molar-refractivity contribution in [1.82, 2.24) is 19.1 Å². The van der Waals surface area contributed by atoms with Gasteiger partial charge in [-0.15, -0.1) is 0 Å². The molecule has 1 aromatic carbocycles. The van der Waals surface area contributed by atoms with E-state index in [-0.39, 0.29) is 11.7 Å². The second kappa shape index (κ2) is 6.58. The number of hydrogen-bond donors (Lipinski definition) is 0. The molecule has 0 amide bonds. The number of hydrogen-bond acceptors (Lipinski definition) is 3. The summed E-state index contributed by atoms with van der Waals surface area (Å²) in [6.45, 7) is 1.14. The average molecular weight is 315 g/mol. The summed E-state index contributed by atoms with van der Waals surface area (Å²) in [4.78, 5) is 20.9. The molecular weight excluding hydrogens is 300 g/mol. The molecule has 0 bridgehead atoms. The number of aromatic nitrogens is 4. The Balaban J connectivity index is 1.83. The van der Waals surface area contributed by atoms with Gasteiger partial charge >= 0.3 is 0 Å². The molecule has 0 N–H and O–H groups in total. The van der Waals surface area contributed by atoms with Crippen molar-refractivity contribution in [2.24, 2.45) is 5.92 Å². The van der Waals surface area contributed by atoms with E-state index in [1.165, 1.54) is 0 Å². The zero-order chi connectivity index (χ0) is 15.4. The fourth-order valence-corrected chi connectivity index (χ4v) is 2.50. The van der Waals surface area contributed by atoms with Gasteiger partial charge in [-0.1, -0.05) is 11.6 Å². The molecule has 0 spiro atoms. The van der Waals surface area contributed by atoms with Crippen LogP contribution in [0, 0.1) is 5.92 Å². The molecule has 0 aliphatic heterocycles. The molecule has 0 aliphatic rings. The van der Waals surface area contributed by atoms with E-state index in [4.69, 9.17) is 11.6 Å². The van der Waals surface area contributed by atoms with Crippen molar-refractivity contribution >= 4 is 17.4 Å². The van der Waals surface area contributed by atoms with Crippen molar-refractivity contribution in [3.8, 4) is 0 Å². The Morgan fingerprint density at radius 3 is 2.00 bits per heavy atom. The van der Waals surface area contributed by atoms with Crippen LogP contribution in [0.5, 0.6) is 0 Å². The molecule has 3 rings (SSSR count). The summed E-state index contributed by atoms with van der Waals surface area (Å²) >= 11 is 5.89. The van der Waals surface area contributed by atoms with E-state index >= 15 is 0 Å². The SMILES string of the molecule is O=C(c1ccc(Cl)cc1)C(Cn1ccnc1)Cn1ccnc1. The number of Topliss-reactive ketones (excluding diaryl/α,β-unsaturated/α-hetero) is 1. The van der Waals surface area contributed by atoms with Gasteiger partial charge in [0.2, 0.25) is 0 Å². The minimum Gasteiger partial charge on any atom is -0.337 e. The molecule has 112 valence electrons. The van der Waals surface area contributed by atoms with Crippen LogP contribution >= 0.6 is 11.6 Å². The Morgan fingerprint density at radius 2 is 1.55 bits per heavy atom. The summed E-state index contributed by atoms with van der Waals surface area (Å²) in [5.74, 6) is -0.122. The lowest BCUT2D eigenvalue weighted by Gasteiger charge is -2.17. The number of carbonyl (C=O) groups is 1. The first-order valence-electron chi connectivity index (χ1n) is 6.93. The summed E-state index contributed by atoms with van der Waals surface area (Å²) in [6.07, 6.45) is 10.6. The summed E-state index contributed by atoms with van der Waals surface area (Å²) in [6, 6.07) is 7.00. The fraction of sp³-hybridized carbons (Fsp3) is 0.188. The van der Waals surface area contributed by atoms with Gasteiger partial charge in [0.25, 0.3) is 0 Å². The zero-order valence-corrected chi connectivity index (χ0v) is 12.6. The lowest BCUT2D eigenvalue weighted by atomic mass is 9.97. The Hall–Kier alpha value is -2.40. The molecule has 2 heterocycles. The zero-order valence-electron chi connectivity index (χ0n) is 11.8. The number of halogens is 1. The monoisotopic (exact) mass is 314 g/mol. The van der Waals surface area contributed by atoms with Crippen molar-refractivity contribution < 1.29 is 4.79 Å². The lowest BCUT2D eigenvalue weighted by Crippen LogP contribution is -2.25. The molecule has 0 unspecified atom stereocenters. The molecule has 0 aliphatic carbocycles. The number of nitrogens with zero attached hydrogens (tertiary/aromatic N) is 4. The molecule has 22 heavy (non-hydrogen) atoms. The van der Waals surface area contributed by atoms with Crippen molar-refractivity contribution in [2.45, 2.75) is 13.1 Å². The number of rotatable bonds is 6. The van der Waals surface area contributed by atoms with E-state index in [0.29, 0.717) is 23.7 Å². The van der Waals surface area contributed by atoms with E-state index in [1.54, 1.807) is 49.3 Å². The van der Waals surface area contributed by atoms with Gasteiger partial charge in [0.05, 0.1) is 18.6 Å². The summed E-state index contributed by atoms with van der Waals surface area (Å²) in [7, 11) is 0. The predicted molar refractivity (Wildman–Crippen MR) is 83.7 cm³/mol. The van der Waals surface area contributed by atoms with Crippen LogP contribution in [0.2, 0.25) is 5.02 Å². The summed E-state index contributed by atoms with van der Waals surface area (Å²) < 4.78 is 3.82. The van der Waals surface area contributed by atoms with Crippen molar-refractivity contribution in [3.63, 3.8) is 0 Å². The lowest BCUT2D eigenvalue weighted by molar-refractivity contribution is 0.0892. The van der Waals surface area contributed by atoms with E-state index in [0.717, 1.165) is 0 Å². The maximum atomic E-state index is 12.8. The maximum Gasteiger partial charge on any atom is 0.169 e. The third-order valence-corrected chi connectivity index (χ3v) is 3.73. The van der Waals surface area contributed by atoms with Crippen LogP contribution in [0.25, 0.3) is 0 Å². The fourth-order valence-electron chi connectivity index (χ4n) is 2.37. The van der Waals surface area contributed by atoms with E-state index in [2.05, 4.69) is 9.97 Å². The first kappa shape index (κ1) is 14.5. The van der Waals surface area contributed by atoms with Gasteiger partial charge < -0.3 is 9.13 Å². The van der Waals surface area contributed by atoms with Crippen LogP contribution in [-0.2, 0) is 13.1 Å². The Labute approximate surface area is 133 Å². The molecule has 0 atom stereocenters. The second-order valence-electron chi connectivity index (χ2n) is 5.09. The molecule has 0 saturated heterocycles. The standard InChI is InChI=1S/C16H15ClN4O/c17-15-3-1-13(2-4-15)16(22)14(9-20-7-5-18-11-20)10-21-8-6-19-12-21/h1-8,11-12,14H,9-10H2. The average Bonchev–Trinajstić information content (AvgIpc) is 3.20. The highest BCUT2D eigenvalue weighted by Crippen LogP contribution is 2.16. The third-order valence-electron chi connectivity index (χ3n) is 3.48. The molecule has 6 heteroatoms. The molecule has 0 saturated carbocycles. The number of benzene rings is 1. The highest BCUT2D eigenvalue weighted by Gasteiger charge is 2.21. The van der Waals surface area contributed by atoms with Gasteiger partial charge in [-0.25, -0.2) is 9.97 Å². The van der Waals surface area contributed by atoms with Gasteiger partial charge in [0.1, 0.15) is 0 Å². The molecule has 5 nitrogen and oxygen atoms in total. The van der Waals surface area contributed by atoms with Crippen LogP contribution in [0.4, 0.5) is 0 Å². The largest absolute Gasteiger partial charge is 0.337 e. The van der Waals surface area contributed by atoms with Crippen LogP contribution < -0.4 is 0 Å². The molecule has 0 radical (unpaired) electrons. The topological polar surface area (TPSA) is 52.7 Å². The molecule has 3 aromatic rings. The minimum absolute atomic E-state index is 0.0825. The Morgan fingerprint density at radius 1 is 1.00 bits per heavy atom. The van der Waals surface area contributed by atoms with Crippen molar-refractivity contribution in [2.75, 3.05) is 0 Å². The van der Waals surface area contributed by atoms with E-state index in [9.17, 15) is 4.79 Å². The van der Waals surface area contributed by atoms with E-state index in [1.807, 2.05) is 21.5 Å². The van der Waals surface area contributed by atoms with Crippen LogP contribution in [0.3, 0.4) is 0 Å². The molecule has 0 fully saturated rings. The van der Waals surface area contributed by atoms with E-state index < -0.39 is 0 Å². The first-order valence-corrected chi connectivity index (χ1v) is 7.31. The normalized spacial score (nSPS) is 11.0. The molecular formula is C16H15ClN4O. The second-order valence-corrected chi connectivity index (χ2v) is 5.52. The summed E-state index contributed by atoms with van der Waals surface area (Å²) in [5.41, 5.74) is 0.662. The van der Waals surface area contributed by atoms with Gasteiger partial charge in [-0.05, 0) is 24.3 Å². The Bertz CT molecular complexity index is 684. The van der Waals surface area contributed by atoms with Gasteiger partial charge in [-0.2, -0.15) is 0 Å². The van der Waals surface area contributed by atoms with Gasteiger partial charge in [-0.3, -0.25) is 4.79 Å².